The van der Waals surface area contributed by atoms with Gasteiger partial charge in [-0.3, -0.25) is 9.59 Å². The van der Waals surface area contributed by atoms with E-state index in [-0.39, 0.29) is 11.3 Å². The number of aliphatic hydroxyl groups excluding tert-OH is 1. The zero-order chi connectivity index (χ0) is 22.5. The van der Waals surface area contributed by atoms with Gasteiger partial charge in [0.25, 0.3) is 11.7 Å². The van der Waals surface area contributed by atoms with Crippen molar-refractivity contribution in [2.75, 3.05) is 34.5 Å². The van der Waals surface area contributed by atoms with Crippen molar-refractivity contribution < 1.29 is 28.9 Å². The van der Waals surface area contributed by atoms with Crippen molar-refractivity contribution in [2.45, 2.75) is 19.4 Å². The van der Waals surface area contributed by atoms with Gasteiger partial charge in [-0.2, -0.15) is 0 Å². The van der Waals surface area contributed by atoms with Crippen LogP contribution in [-0.4, -0.2) is 56.2 Å². The molecule has 3 rings (SSSR count). The normalized spacial score (nSPS) is 17.8. The Labute approximate surface area is 181 Å². The van der Waals surface area contributed by atoms with E-state index in [9.17, 15) is 14.7 Å². The number of hydrogen-bond donors (Lipinski definition) is 1. The van der Waals surface area contributed by atoms with Gasteiger partial charge in [-0.1, -0.05) is 29.8 Å². The zero-order valence-electron chi connectivity index (χ0n) is 18.2. The van der Waals surface area contributed by atoms with Crippen LogP contribution < -0.4 is 9.47 Å². The van der Waals surface area contributed by atoms with Gasteiger partial charge in [0.15, 0.2) is 0 Å². The van der Waals surface area contributed by atoms with Gasteiger partial charge in [-0.05, 0) is 25.5 Å². The lowest BCUT2D eigenvalue weighted by Gasteiger charge is -2.26. The van der Waals surface area contributed by atoms with Crippen LogP contribution >= 0.6 is 0 Å². The number of likely N-dealkylation sites (tertiary alicyclic amines) is 1. The summed E-state index contributed by atoms with van der Waals surface area (Å²) in [5.41, 5.74) is 2.12. The largest absolute Gasteiger partial charge is 0.507 e. The number of nitrogens with zero attached hydrogens (tertiary/aromatic N) is 1. The monoisotopic (exact) mass is 425 g/mol. The Balaban J connectivity index is 2.18. The van der Waals surface area contributed by atoms with Gasteiger partial charge < -0.3 is 24.2 Å². The average molecular weight is 425 g/mol. The Morgan fingerprint density at radius 1 is 1.03 bits per heavy atom. The molecule has 0 spiro atoms. The van der Waals surface area contributed by atoms with Crippen LogP contribution in [0.25, 0.3) is 5.76 Å². The first-order valence-electron chi connectivity index (χ1n) is 9.99. The maximum Gasteiger partial charge on any atom is 0.295 e. The first kappa shape index (κ1) is 22.4. The van der Waals surface area contributed by atoms with E-state index in [1.165, 1.54) is 12.0 Å². The van der Waals surface area contributed by atoms with Crippen molar-refractivity contribution in [3.05, 3.63) is 64.7 Å². The van der Waals surface area contributed by atoms with Gasteiger partial charge in [0.2, 0.25) is 0 Å². The Bertz CT molecular complexity index is 996. The van der Waals surface area contributed by atoms with E-state index in [0.717, 1.165) is 5.56 Å². The second-order valence-corrected chi connectivity index (χ2v) is 7.31. The highest BCUT2D eigenvalue weighted by Crippen LogP contribution is 2.43. The van der Waals surface area contributed by atoms with Crippen molar-refractivity contribution in [1.82, 2.24) is 4.90 Å². The zero-order valence-corrected chi connectivity index (χ0v) is 18.2. The van der Waals surface area contributed by atoms with E-state index >= 15 is 0 Å². The molecular formula is C24H27NO6. The maximum atomic E-state index is 13.0. The van der Waals surface area contributed by atoms with Crippen molar-refractivity contribution in [1.29, 1.82) is 0 Å². The highest BCUT2D eigenvalue weighted by Gasteiger charge is 2.46. The molecule has 0 aliphatic carbocycles. The highest BCUT2D eigenvalue weighted by molar-refractivity contribution is 6.46. The fraction of sp³-hybridized carbons (Fsp3) is 0.333. The van der Waals surface area contributed by atoms with Crippen LogP contribution in [0.5, 0.6) is 11.5 Å². The fourth-order valence-corrected chi connectivity index (χ4v) is 3.72. The minimum atomic E-state index is -0.793. The molecule has 164 valence electrons. The quantitative estimate of drug-likeness (QED) is 0.302. The second-order valence-electron chi connectivity index (χ2n) is 7.31. The number of ether oxygens (including phenoxy) is 3. The number of aryl methyl sites for hydroxylation is 1. The van der Waals surface area contributed by atoms with Gasteiger partial charge in [0.05, 0.1) is 25.8 Å². The van der Waals surface area contributed by atoms with Crippen LogP contribution in [0.2, 0.25) is 0 Å². The van der Waals surface area contributed by atoms with Gasteiger partial charge in [-0.25, -0.2) is 0 Å². The molecular weight excluding hydrogens is 398 g/mol. The van der Waals surface area contributed by atoms with Gasteiger partial charge >= 0.3 is 0 Å². The lowest BCUT2D eigenvalue weighted by atomic mass is 9.94. The maximum absolute atomic E-state index is 13.0. The number of benzene rings is 2. The Hall–Kier alpha value is -3.32. The molecule has 1 N–H and O–H groups in total. The van der Waals surface area contributed by atoms with Crippen LogP contribution in [0, 0.1) is 6.92 Å². The molecule has 7 heteroatoms. The van der Waals surface area contributed by atoms with E-state index < -0.39 is 17.7 Å². The molecule has 0 aromatic heterocycles. The lowest BCUT2D eigenvalue weighted by Crippen LogP contribution is -2.31. The third kappa shape index (κ3) is 4.41. The number of methoxy groups -OCH3 is 3. The summed E-state index contributed by atoms with van der Waals surface area (Å²) < 4.78 is 15.9. The molecule has 2 aromatic carbocycles. The fourth-order valence-electron chi connectivity index (χ4n) is 3.72. The molecule has 0 bridgehead atoms. The highest BCUT2D eigenvalue weighted by atomic mass is 16.5. The predicted molar refractivity (Wildman–Crippen MR) is 116 cm³/mol. The molecule has 1 amide bonds. The van der Waals surface area contributed by atoms with Crippen molar-refractivity contribution >= 4 is 17.4 Å². The number of amides is 1. The summed E-state index contributed by atoms with van der Waals surface area (Å²) in [6.45, 7) is 2.66. The Kier molecular flexibility index (Phi) is 6.97. The van der Waals surface area contributed by atoms with Crippen LogP contribution in [0.1, 0.15) is 29.2 Å². The number of hydrogen-bond acceptors (Lipinski definition) is 6. The molecule has 31 heavy (non-hydrogen) atoms. The number of carbonyl (C=O) groups excluding carboxylic acids is 2. The summed E-state index contributed by atoms with van der Waals surface area (Å²) in [6, 6.07) is 11.5. The van der Waals surface area contributed by atoms with Crippen molar-refractivity contribution in [3.8, 4) is 11.5 Å². The molecule has 1 atom stereocenters. The third-order valence-electron chi connectivity index (χ3n) is 5.35. The van der Waals surface area contributed by atoms with Crippen molar-refractivity contribution in [3.63, 3.8) is 0 Å². The minimum Gasteiger partial charge on any atom is -0.507 e. The summed E-state index contributed by atoms with van der Waals surface area (Å²) in [4.78, 5) is 27.4. The molecule has 1 aliphatic heterocycles. The first-order valence-corrected chi connectivity index (χ1v) is 9.99. The third-order valence-corrected chi connectivity index (χ3v) is 5.35. The predicted octanol–water partition coefficient (Wildman–Crippen LogP) is 3.47. The Morgan fingerprint density at radius 2 is 1.74 bits per heavy atom. The average Bonchev–Trinajstić information content (AvgIpc) is 3.03. The SMILES string of the molecule is COCCCN1C(=O)C(=O)C(=C(O)c2ccc(C)cc2)[C@@H]1c1ccc(OC)cc1OC. The molecule has 1 heterocycles. The molecule has 1 saturated heterocycles. The molecule has 1 aliphatic rings. The van der Waals surface area contributed by atoms with Gasteiger partial charge in [-0.15, -0.1) is 0 Å². The van der Waals surface area contributed by atoms with E-state index in [1.807, 2.05) is 19.1 Å². The number of carbonyl (C=O) groups is 2. The number of rotatable bonds is 8. The molecule has 0 saturated carbocycles. The van der Waals surface area contributed by atoms with Crippen LogP contribution in [-0.2, 0) is 14.3 Å². The minimum absolute atomic E-state index is 0.0368. The summed E-state index contributed by atoms with van der Waals surface area (Å²) in [5.74, 6) is -0.560. The summed E-state index contributed by atoms with van der Waals surface area (Å²) >= 11 is 0. The van der Waals surface area contributed by atoms with E-state index in [2.05, 4.69) is 0 Å². The smallest absolute Gasteiger partial charge is 0.295 e. The van der Waals surface area contributed by atoms with Crippen molar-refractivity contribution in [2.24, 2.45) is 0 Å². The van der Waals surface area contributed by atoms with Crippen LogP contribution in [0.15, 0.2) is 48.0 Å². The van der Waals surface area contributed by atoms with E-state index in [0.29, 0.717) is 42.2 Å². The lowest BCUT2D eigenvalue weighted by molar-refractivity contribution is -0.140. The number of ketones is 1. The van der Waals surface area contributed by atoms with Gasteiger partial charge in [0.1, 0.15) is 17.3 Å². The summed E-state index contributed by atoms with van der Waals surface area (Å²) in [7, 11) is 4.63. The molecule has 0 unspecified atom stereocenters. The standard InChI is InChI=1S/C24H27NO6/c1-15-6-8-16(9-7-15)22(26)20-21(18-11-10-17(30-3)14-19(18)31-4)25(12-5-13-29-2)24(28)23(20)27/h6-11,14,21,26H,5,12-13H2,1-4H3/t21-/m0/s1. The molecule has 1 fully saturated rings. The first-order chi connectivity index (χ1) is 14.9. The van der Waals surface area contributed by atoms with E-state index in [4.69, 9.17) is 14.2 Å². The number of Topliss-reactive ketones (excluding diaryl/α,β-unsaturated/α-hetero) is 1. The van der Waals surface area contributed by atoms with Crippen LogP contribution in [0.3, 0.4) is 0 Å². The topological polar surface area (TPSA) is 85.3 Å². The van der Waals surface area contributed by atoms with Gasteiger partial charge in [0, 0.05) is 37.5 Å². The molecule has 7 nitrogen and oxygen atoms in total. The summed E-state index contributed by atoms with van der Waals surface area (Å²) in [6.07, 6.45) is 0.545. The molecule has 0 radical (unpaired) electrons. The van der Waals surface area contributed by atoms with Crippen LogP contribution in [0.4, 0.5) is 0 Å². The molecule has 2 aromatic rings. The summed E-state index contributed by atoms with van der Waals surface area (Å²) in [5, 5.41) is 11.1. The second kappa shape index (κ2) is 9.66. The van der Waals surface area contributed by atoms with E-state index in [1.54, 1.807) is 44.6 Å². The number of aliphatic hydroxyl groups is 1. The Morgan fingerprint density at radius 3 is 2.35 bits per heavy atom.